The summed E-state index contributed by atoms with van der Waals surface area (Å²) in [5.41, 5.74) is 0.867. The molecule has 1 saturated heterocycles. The van der Waals surface area contributed by atoms with Crippen molar-refractivity contribution in [2.24, 2.45) is 0 Å². The van der Waals surface area contributed by atoms with Gasteiger partial charge < -0.3 is 10.1 Å². The van der Waals surface area contributed by atoms with Crippen LogP contribution in [-0.4, -0.2) is 41.6 Å². The van der Waals surface area contributed by atoms with E-state index in [0.29, 0.717) is 18.1 Å². The molecule has 2 amide bonds. The van der Waals surface area contributed by atoms with Crippen molar-refractivity contribution < 1.29 is 14.3 Å². The summed E-state index contributed by atoms with van der Waals surface area (Å²) in [6.07, 6.45) is 1.01. The molecular formula is C11H15N3O3S. The number of methoxy groups -OCH3 is 1. The predicted molar refractivity (Wildman–Crippen MR) is 67.6 cm³/mol. The van der Waals surface area contributed by atoms with E-state index in [1.54, 1.807) is 0 Å². The van der Waals surface area contributed by atoms with E-state index >= 15 is 0 Å². The first-order valence-electron chi connectivity index (χ1n) is 5.69. The minimum absolute atomic E-state index is 0.202. The molecule has 1 N–H and O–H groups in total. The van der Waals surface area contributed by atoms with Crippen molar-refractivity contribution in [1.82, 2.24) is 9.88 Å². The highest BCUT2D eigenvalue weighted by molar-refractivity contribution is 7.13. The molecule has 0 aliphatic carbocycles. The molecule has 7 heteroatoms. The molecule has 0 spiro atoms. The van der Waals surface area contributed by atoms with Crippen LogP contribution in [0.2, 0.25) is 0 Å². The zero-order valence-corrected chi connectivity index (χ0v) is 11.1. The first kappa shape index (κ1) is 12.8. The third kappa shape index (κ3) is 2.61. The first-order valence-corrected chi connectivity index (χ1v) is 6.57. The number of amides is 2. The molecule has 0 aromatic carbocycles. The van der Waals surface area contributed by atoms with Crippen LogP contribution in [0.1, 0.15) is 18.5 Å². The molecule has 0 bridgehead atoms. The van der Waals surface area contributed by atoms with Crippen molar-refractivity contribution in [3.63, 3.8) is 0 Å². The topological polar surface area (TPSA) is 71.5 Å². The van der Waals surface area contributed by atoms with E-state index in [2.05, 4.69) is 15.0 Å². The molecule has 1 fully saturated rings. The zero-order chi connectivity index (χ0) is 13.1. The number of anilines is 1. The molecule has 1 aromatic rings. The molecular weight excluding hydrogens is 254 g/mol. The third-order valence-corrected chi connectivity index (χ3v) is 3.69. The lowest BCUT2D eigenvalue weighted by Crippen LogP contribution is -2.43. The minimum Gasteiger partial charge on any atom is -0.453 e. The monoisotopic (exact) mass is 269 g/mol. The Labute approximate surface area is 109 Å². The number of carbonyl (C=O) groups excluding carboxylic acids is 2. The second kappa shape index (κ2) is 5.34. The van der Waals surface area contributed by atoms with E-state index in [1.807, 2.05) is 12.3 Å². The number of hydrogen-bond acceptors (Lipinski definition) is 5. The Kier molecular flexibility index (Phi) is 3.81. The Hall–Kier alpha value is -1.63. The number of thiazole rings is 1. The van der Waals surface area contributed by atoms with Crippen LogP contribution in [0.25, 0.3) is 0 Å². The van der Waals surface area contributed by atoms with Crippen LogP contribution in [-0.2, 0) is 9.53 Å². The highest BCUT2D eigenvalue weighted by Crippen LogP contribution is 2.21. The van der Waals surface area contributed by atoms with Crippen molar-refractivity contribution in [3.8, 4) is 0 Å². The Bertz CT molecular complexity index is 460. The molecule has 1 aromatic heterocycles. The van der Waals surface area contributed by atoms with Gasteiger partial charge in [0.25, 0.3) is 0 Å². The van der Waals surface area contributed by atoms with Gasteiger partial charge in [-0.2, -0.15) is 0 Å². The van der Waals surface area contributed by atoms with Gasteiger partial charge in [-0.3, -0.25) is 9.69 Å². The molecule has 98 valence electrons. The fourth-order valence-corrected chi connectivity index (χ4v) is 2.67. The normalized spacial score (nSPS) is 18.8. The van der Waals surface area contributed by atoms with Crippen LogP contribution >= 0.6 is 11.3 Å². The van der Waals surface area contributed by atoms with Crippen molar-refractivity contribution in [3.05, 3.63) is 11.1 Å². The van der Waals surface area contributed by atoms with Gasteiger partial charge in [-0.05, 0) is 19.8 Å². The van der Waals surface area contributed by atoms with Gasteiger partial charge in [0.2, 0.25) is 5.91 Å². The van der Waals surface area contributed by atoms with Gasteiger partial charge in [-0.15, -0.1) is 11.3 Å². The van der Waals surface area contributed by atoms with E-state index in [1.165, 1.54) is 23.3 Å². The van der Waals surface area contributed by atoms with Crippen LogP contribution in [0, 0.1) is 6.92 Å². The average Bonchev–Trinajstić information content (AvgIpc) is 2.97. The largest absolute Gasteiger partial charge is 0.453 e. The number of aromatic nitrogens is 1. The van der Waals surface area contributed by atoms with Crippen LogP contribution in [0.15, 0.2) is 5.38 Å². The van der Waals surface area contributed by atoms with E-state index in [9.17, 15) is 9.59 Å². The number of nitrogens with zero attached hydrogens (tertiary/aromatic N) is 2. The van der Waals surface area contributed by atoms with E-state index < -0.39 is 12.1 Å². The number of carbonyl (C=O) groups is 2. The molecule has 2 rings (SSSR count). The standard InChI is InChI=1S/C11H15N3O3S/c1-7-6-18-10(12-7)13-9(15)8-4-3-5-14(8)11(16)17-2/h6,8H,3-5H2,1-2H3,(H,12,13,15). The van der Waals surface area contributed by atoms with Crippen LogP contribution in [0.4, 0.5) is 9.93 Å². The van der Waals surface area contributed by atoms with Crippen molar-refractivity contribution in [2.45, 2.75) is 25.8 Å². The van der Waals surface area contributed by atoms with E-state index in [-0.39, 0.29) is 5.91 Å². The molecule has 1 atom stereocenters. The number of likely N-dealkylation sites (tertiary alicyclic amines) is 1. The highest BCUT2D eigenvalue weighted by Gasteiger charge is 2.34. The number of rotatable bonds is 2. The lowest BCUT2D eigenvalue weighted by Gasteiger charge is -2.21. The molecule has 18 heavy (non-hydrogen) atoms. The van der Waals surface area contributed by atoms with Gasteiger partial charge in [0.1, 0.15) is 6.04 Å². The summed E-state index contributed by atoms with van der Waals surface area (Å²) in [6.45, 7) is 2.42. The lowest BCUT2D eigenvalue weighted by molar-refractivity contribution is -0.119. The van der Waals surface area contributed by atoms with Crippen molar-refractivity contribution >= 4 is 28.5 Å². The summed E-state index contributed by atoms with van der Waals surface area (Å²) in [6, 6.07) is -0.457. The second-order valence-electron chi connectivity index (χ2n) is 4.10. The Morgan fingerprint density at radius 1 is 1.61 bits per heavy atom. The van der Waals surface area contributed by atoms with Crippen molar-refractivity contribution in [2.75, 3.05) is 19.0 Å². The van der Waals surface area contributed by atoms with Gasteiger partial charge in [0.05, 0.1) is 12.8 Å². The number of aryl methyl sites for hydroxylation is 1. The van der Waals surface area contributed by atoms with E-state index in [4.69, 9.17) is 0 Å². The quantitative estimate of drug-likeness (QED) is 0.885. The first-order chi connectivity index (χ1) is 8.61. The maximum absolute atomic E-state index is 12.1. The molecule has 2 heterocycles. The molecule has 1 unspecified atom stereocenters. The van der Waals surface area contributed by atoms with E-state index in [0.717, 1.165) is 12.1 Å². The number of hydrogen-bond donors (Lipinski definition) is 1. The van der Waals surface area contributed by atoms with Gasteiger partial charge in [0, 0.05) is 11.9 Å². The summed E-state index contributed by atoms with van der Waals surface area (Å²) >= 11 is 1.37. The SMILES string of the molecule is COC(=O)N1CCCC1C(=O)Nc1nc(C)cs1. The van der Waals surface area contributed by atoms with Crippen LogP contribution in [0.3, 0.4) is 0 Å². The maximum Gasteiger partial charge on any atom is 0.410 e. The summed E-state index contributed by atoms with van der Waals surface area (Å²) < 4.78 is 4.66. The van der Waals surface area contributed by atoms with Crippen LogP contribution < -0.4 is 5.32 Å². The molecule has 1 aliphatic heterocycles. The lowest BCUT2D eigenvalue weighted by atomic mass is 10.2. The Balaban J connectivity index is 2.02. The molecule has 6 nitrogen and oxygen atoms in total. The summed E-state index contributed by atoms with van der Waals surface area (Å²) in [7, 11) is 1.32. The molecule has 0 saturated carbocycles. The fraction of sp³-hybridized carbons (Fsp3) is 0.545. The highest BCUT2D eigenvalue weighted by atomic mass is 32.1. The van der Waals surface area contributed by atoms with Gasteiger partial charge in [-0.25, -0.2) is 9.78 Å². The summed E-state index contributed by atoms with van der Waals surface area (Å²) in [5.74, 6) is -0.202. The summed E-state index contributed by atoms with van der Waals surface area (Å²) in [4.78, 5) is 29.2. The number of ether oxygens (including phenoxy) is 1. The molecule has 0 radical (unpaired) electrons. The molecule has 1 aliphatic rings. The maximum atomic E-state index is 12.1. The zero-order valence-electron chi connectivity index (χ0n) is 10.3. The fourth-order valence-electron chi connectivity index (χ4n) is 1.98. The smallest absolute Gasteiger partial charge is 0.410 e. The second-order valence-corrected chi connectivity index (χ2v) is 4.96. The predicted octanol–water partition coefficient (Wildman–Crippen LogP) is 1.62. The van der Waals surface area contributed by atoms with Gasteiger partial charge >= 0.3 is 6.09 Å². The summed E-state index contributed by atoms with van der Waals surface area (Å²) in [5, 5.41) is 5.16. The third-order valence-electron chi connectivity index (χ3n) is 2.81. The van der Waals surface area contributed by atoms with Crippen LogP contribution in [0.5, 0.6) is 0 Å². The van der Waals surface area contributed by atoms with Crippen molar-refractivity contribution in [1.29, 1.82) is 0 Å². The average molecular weight is 269 g/mol. The van der Waals surface area contributed by atoms with Gasteiger partial charge in [-0.1, -0.05) is 0 Å². The minimum atomic E-state index is -0.457. The Morgan fingerprint density at radius 2 is 2.39 bits per heavy atom. The van der Waals surface area contributed by atoms with Gasteiger partial charge in [0.15, 0.2) is 5.13 Å². The number of nitrogens with one attached hydrogen (secondary N) is 1. The Morgan fingerprint density at radius 3 is 3.00 bits per heavy atom.